The predicted molar refractivity (Wildman–Crippen MR) is 77.7 cm³/mol. The molecule has 4 heteroatoms. The van der Waals surface area contributed by atoms with Crippen LogP contribution in [-0.4, -0.2) is 17.4 Å². The molecule has 19 heavy (non-hydrogen) atoms. The fourth-order valence-corrected chi connectivity index (χ4v) is 2.22. The molecule has 0 aliphatic carbocycles. The lowest BCUT2D eigenvalue weighted by Crippen LogP contribution is -2.26. The molecule has 0 saturated heterocycles. The molecule has 0 saturated carbocycles. The molecule has 2 rings (SSSR count). The van der Waals surface area contributed by atoms with E-state index in [1.807, 2.05) is 32.0 Å². The maximum absolute atomic E-state index is 11.8. The SMILES string of the molecule is Cc1[nH]c2ccccc2c1CNC(=O)CC(C)CN. The van der Waals surface area contributed by atoms with Gasteiger partial charge in [0.25, 0.3) is 0 Å². The number of fused-ring (bicyclic) bond motifs is 1. The summed E-state index contributed by atoms with van der Waals surface area (Å²) in [5.74, 6) is 0.284. The van der Waals surface area contributed by atoms with Crippen molar-refractivity contribution in [3.05, 3.63) is 35.5 Å². The van der Waals surface area contributed by atoms with Gasteiger partial charge in [0.05, 0.1) is 0 Å². The van der Waals surface area contributed by atoms with E-state index in [1.165, 1.54) is 5.39 Å². The summed E-state index contributed by atoms with van der Waals surface area (Å²) in [6.07, 6.45) is 0.484. The molecule has 2 aromatic rings. The predicted octanol–water partition coefficient (Wildman–Crippen LogP) is 2.08. The number of H-pyrrole nitrogens is 1. The number of nitrogens with one attached hydrogen (secondary N) is 2. The highest BCUT2D eigenvalue weighted by molar-refractivity contribution is 5.85. The van der Waals surface area contributed by atoms with Crippen LogP contribution in [0.15, 0.2) is 24.3 Å². The highest BCUT2D eigenvalue weighted by Crippen LogP contribution is 2.21. The van der Waals surface area contributed by atoms with Crippen LogP contribution in [0, 0.1) is 12.8 Å². The van der Waals surface area contributed by atoms with Crippen LogP contribution >= 0.6 is 0 Å². The highest BCUT2D eigenvalue weighted by atomic mass is 16.1. The molecule has 0 aliphatic heterocycles. The van der Waals surface area contributed by atoms with Gasteiger partial charge in [0.1, 0.15) is 0 Å². The van der Waals surface area contributed by atoms with Crippen molar-refractivity contribution in [2.45, 2.75) is 26.8 Å². The van der Waals surface area contributed by atoms with Crippen molar-refractivity contribution in [2.24, 2.45) is 11.7 Å². The Morgan fingerprint density at radius 3 is 2.89 bits per heavy atom. The zero-order valence-corrected chi connectivity index (χ0v) is 11.5. The number of benzene rings is 1. The second-order valence-corrected chi connectivity index (χ2v) is 5.10. The van der Waals surface area contributed by atoms with Crippen LogP contribution in [0.25, 0.3) is 10.9 Å². The molecule has 0 spiro atoms. The average molecular weight is 259 g/mol. The minimum absolute atomic E-state index is 0.0580. The number of carbonyl (C=O) groups is 1. The van der Waals surface area contributed by atoms with Crippen LogP contribution in [0.2, 0.25) is 0 Å². The number of carbonyl (C=O) groups excluding carboxylic acids is 1. The molecular formula is C15H21N3O. The van der Waals surface area contributed by atoms with Gasteiger partial charge in [0.2, 0.25) is 5.91 Å². The van der Waals surface area contributed by atoms with E-state index in [2.05, 4.69) is 16.4 Å². The van der Waals surface area contributed by atoms with Gasteiger partial charge in [0, 0.05) is 29.6 Å². The quantitative estimate of drug-likeness (QED) is 0.769. The van der Waals surface area contributed by atoms with E-state index >= 15 is 0 Å². The smallest absolute Gasteiger partial charge is 0.220 e. The zero-order chi connectivity index (χ0) is 13.8. The molecule has 4 nitrogen and oxygen atoms in total. The summed E-state index contributed by atoms with van der Waals surface area (Å²) in [7, 11) is 0. The van der Waals surface area contributed by atoms with Gasteiger partial charge in [-0.15, -0.1) is 0 Å². The highest BCUT2D eigenvalue weighted by Gasteiger charge is 2.11. The van der Waals surface area contributed by atoms with E-state index in [-0.39, 0.29) is 11.8 Å². The van der Waals surface area contributed by atoms with E-state index in [4.69, 9.17) is 5.73 Å². The lowest BCUT2D eigenvalue weighted by Gasteiger charge is -2.09. The van der Waals surface area contributed by atoms with Crippen LogP contribution in [0.5, 0.6) is 0 Å². The summed E-state index contributed by atoms with van der Waals surface area (Å²) in [6.45, 7) is 5.12. The molecule has 1 heterocycles. The number of para-hydroxylation sites is 1. The Hall–Kier alpha value is -1.81. The normalized spacial score (nSPS) is 12.6. The number of rotatable bonds is 5. The van der Waals surface area contributed by atoms with Gasteiger partial charge < -0.3 is 16.0 Å². The molecule has 0 radical (unpaired) electrons. The van der Waals surface area contributed by atoms with Gasteiger partial charge in [-0.05, 0) is 31.0 Å². The Kier molecular flexibility index (Phi) is 4.22. The first-order chi connectivity index (χ1) is 9.11. The Balaban J connectivity index is 2.05. The number of hydrogen-bond acceptors (Lipinski definition) is 2. The van der Waals surface area contributed by atoms with Gasteiger partial charge in [-0.3, -0.25) is 4.79 Å². The molecule has 0 fully saturated rings. The minimum Gasteiger partial charge on any atom is -0.358 e. The maximum atomic E-state index is 11.8. The summed E-state index contributed by atoms with van der Waals surface area (Å²) in [5, 5.41) is 4.14. The van der Waals surface area contributed by atoms with Crippen LogP contribution in [-0.2, 0) is 11.3 Å². The third kappa shape index (κ3) is 3.15. The van der Waals surface area contributed by atoms with Crippen molar-refractivity contribution in [2.75, 3.05) is 6.54 Å². The third-order valence-corrected chi connectivity index (χ3v) is 3.43. The van der Waals surface area contributed by atoms with Crippen LogP contribution in [0.3, 0.4) is 0 Å². The van der Waals surface area contributed by atoms with E-state index in [1.54, 1.807) is 0 Å². The van der Waals surface area contributed by atoms with E-state index in [0.717, 1.165) is 16.8 Å². The van der Waals surface area contributed by atoms with Gasteiger partial charge in [-0.25, -0.2) is 0 Å². The molecule has 4 N–H and O–H groups in total. The van der Waals surface area contributed by atoms with Crippen molar-refractivity contribution in [3.63, 3.8) is 0 Å². The second kappa shape index (κ2) is 5.89. The number of aromatic nitrogens is 1. The molecule has 0 bridgehead atoms. The number of aryl methyl sites for hydroxylation is 1. The number of amides is 1. The molecule has 1 aromatic carbocycles. The van der Waals surface area contributed by atoms with Crippen LogP contribution in [0.4, 0.5) is 0 Å². The topological polar surface area (TPSA) is 70.9 Å². The second-order valence-electron chi connectivity index (χ2n) is 5.10. The third-order valence-electron chi connectivity index (χ3n) is 3.43. The lowest BCUT2D eigenvalue weighted by molar-refractivity contribution is -0.122. The fourth-order valence-electron chi connectivity index (χ4n) is 2.22. The molecule has 1 aromatic heterocycles. The first kappa shape index (κ1) is 13.6. The Bertz CT molecular complexity index is 574. The van der Waals surface area contributed by atoms with Crippen molar-refractivity contribution in [1.29, 1.82) is 0 Å². The standard InChI is InChI=1S/C15H21N3O/c1-10(8-16)7-15(19)17-9-13-11(2)18-14-6-4-3-5-12(13)14/h3-6,10,18H,7-9,16H2,1-2H3,(H,17,19). The molecular weight excluding hydrogens is 238 g/mol. The van der Waals surface area contributed by atoms with Gasteiger partial charge >= 0.3 is 0 Å². The minimum atomic E-state index is 0.0580. The Morgan fingerprint density at radius 2 is 2.16 bits per heavy atom. The molecule has 1 unspecified atom stereocenters. The van der Waals surface area contributed by atoms with E-state index in [0.29, 0.717) is 19.5 Å². The van der Waals surface area contributed by atoms with Gasteiger partial charge in [0.15, 0.2) is 0 Å². The molecule has 1 amide bonds. The van der Waals surface area contributed by atoms with Crippen molar-refractivity contribution >= 4 is 16.8 Å². The fraction of sp³-hybridized carbons (Fsp3) is 0.400. The molecule has 102 valence electrons. The Morgan fingerprint density at radius 1 is 1.42 bits per heavy atom. The number of aromatic amines is 1. The van der Waals surface area contributed by atoms with Crippen molar-refractivity contribution in [3.8, 4) is 0 Å². The van der Waals surface area contributed by atoms with Gasteiger partial charge in [-0.1, -0.05) is 25.1 Å². The molecule has 0 aliphatic rings. The maximum Gasteiger partial charge on any atom is 0.220 e. The monoisotopic (exact) mass is 259 g/mol. The largest absolute Gasteiger partial charge is 0.358 e. The lowest BCUT2D eigenvalue weighted by atomic mass is 10.1. The van der Waals surface area contributed by atoms with Crippen LogP contribution < -0.4 is 11.1 Å². The first-order valence-corrected chi connectivity index (χ1v) is 6.64. The summed E-state index contributed by atoms with van der Waals surface area (Å²) < 4.78 is 0. The van der Waals surface area contributed by atoms with Gasteiger partial charge in [-0.2, -0.15) is 0 Å². The summed E-state index contributed by atoms with van der Waals surface area (Å²) in [4.78, 5) is 15.1. The Labute approximate surface area is 113 Å². The summed E-state index contributed by atoms with van der Waals surface area (Å²) in [5.41, 5.74) is 8.90. The van der Waals surface area contributed by atoms with Crippen LogP contribution in [0.1, 0.15) is 24.6 Å². The zero-order valence-electron chi connectivity index (χ0n) is 11.5. The van der Waals surface area contributed by atoms with Crippen molar-refractivity contribution < 1.29 is 4.79 Å². The average Bonchev–Trinajstić information content (AvgIpc) is 2.71. The number of hydrogen-bond donors (Lipinski definition) is 3. The summed E-state index contributed by atoms with van der Waals surface area (Å²) in [6, 6.07) is 8.13. The summed E-state index contributed by atoms with van der Waals surface area (Å²) >= 11 is 0. The number of nitrogens with two attached hydrogens (primary N) is 1. The van der Waals surface area contributed by atoms with E-state index in [9.17, 15) is 4.79 Å². The molecule has 1 atom stereocenters. The van der Waals surface area contributed by atoms with Crippen molar-refractivity contribution in [1.82, 2.24) is 10.3 Å². The van der Waals surface area contributed by atoms with E-state index < -0.39 is 0 Å². The first-order valence-electron chi connectivity index (χ1n) is 6.64.